The van der Waals surface area contributed by atoms with Gasteiger partial charge in [0.15, 0.2) is 11.5 Å². The molecule has 0 radical (unpaired) electrons. The van der Waals surface area contributed by atoms with E-state index in [0.29, 0.717) is 31.3 Å². The lowest BCUT2D eigenvalue weighted by atomic mass is 10.1. The molecule has 0 unspecified atom stereocenters. The van der Waals surface area contributed by atoms with Crippen LogP contribution in [0, 0.1) is 6.92 Å². The lowest BCUT2D eigenvalue weighted by Crippen LogP contribution is -2.24. The summed E-state index contributed by atoms with van der Waals surface area (Å²) in [5, 5.41) is 4.08. The number of carbonyl (C=O) groups excluding carboxylic acids is 1. The molecular weight excluding hydrogens is 352 g/mol. The van der Waals surface area contributed by atoms with Crippen LogP contribution in [0.15, 0.2) is 48.5 Å². The minimum Gasteiger partial charge on any atom is -0.490 e. The third-order valence-corrected chi connectivity index (χ3v) is 4.38. The Bertz CT molecular complexity index is 969. The van der Waals surface area contributed by atoms with E-state index in [-0.39, 0.29) is 12.3 Å². The maximum absolute atomic E-state index is 12.5. The predicted molar refractivity (Wildman–Crippen MR) is 111 cm³/mol. The van der Waals surface area contributed by atoms with Gasteiger partial charge in [0, 0.05) is 17.6 Å². The summed E-state index contributed by atoms with van der Waals surface area (Å²) < 4.78 is 11.2. The third-order valence-electron chi connectivity index (χ3n) is 4.38. The van der Waals surface area contributed by atoms with E-state index in [1.807, 2.05) is 69.3 Å². The highest BCUT2D eigenvalue weighted by atomic mass is 16.5. The van der Waals surface area contributed by atoms with Crippen molar-refractivity contribution in [2.75, 3.05) is 13.2 Å². The number of hydrogen-bond acceptors (Lipinski definition) is 4. The summed E-state index contributed by atoms with van der Waals surface area (Å²) in [5.41, 5.74) is 3.84. The van der Waals surface area contributed by atoms with Gasteiger partial charge in [0.1, 0.15) is 0 Å². The molecule has 5 heteroatoms. The summed E-state index contributed by atoms with van der Waals surface area (Å²) in [6, 6.07) is 15.6. The molecule has 1 N–H and O–H groups in total. The molecule has 0 aliphatic heterocycles. The molecule has 0 aliphatic rings. The van der Waals surface area contributed by atoms with Crippen LogP contribution in [-0.4, -0.2) is 24.1 Å². The molecule has 1 heterocycles. The van der Waals surface area contributed by atoms with Crippen molar-refractivity contribution >= 4 is 16.8 Å². The monoisotopic (exact) mass is 378 g/mol. The van der Waals surface area contributed by atoms with Gasteiger partial charge in [-0.15, -0.1) is 0 Å². The first kappa shape index (κ1) is 19.7. The van der Waals surface area contributed by atoms with Crippen LogP contribution >= 0.6 is 0 Å². The van der Waals surface area contributed by atoms with Gasteiger partial charge in [-0.3, -0.25) is 9.78 Å². The topological polar surface area (TPSA) is 60.5 Å². The Morgan fingerprint density at radius 3 is 2.54 bits per heavy atom. The zero-order valence-electron chi connectivity index (χ0n) is 16.6. The van der Waals surface area contributed by atoms with Crippen molar-refractivity contribution in [3.05, 3.63) is 65.4 Å². The fourth-order valence-corrected chi connectivity index (χ4v) is 3.19. The van der Waals surface area contributed by atoms with Crippen molar-refractivity contribution in [1.82, 2.24) is 10.3 Å². The maximum atomic E-state index is 12.5. The van der Waals surface area contributed by atoms with Gasteiger partial charge in [-0.25, -0.2) is 0 Å². The standard InChI is InChI=1S/C23H26N2O3/c1-4-27-21-11-10-17(13-22(21)28-5-2)14-23(26)24-15-18-12-16(3)25-20-9-7-6-8-19(18)20/h6-13H,4-5,14-15H2,1-3H3,(H,24,26). The van der Waals surface area contributed by atoms with Crippen LogP contribution in [0.1, 0.15) is 30.7 Å². The number of para-hydroxylation sites is 1. The Hall–Kier alpha value is -3.08. The van der Waals surface area contributed by atoms with Crippen LogP contribution in [0.4, 0.5) is 0 Å². The van der Waals surface area contributed by atoms with Crippen LogP contribution in [-0.2, 0) is 17.8 Å². The highest BCUT2D eigenvalue weighted by Crippen LogP contribution is 2.28. The van der Waals surface area contributed by atoms with E-state index < -0.39 is 0 Å². The number of nitrogens with one attached hydrogen (secondary N) is 1. The number of rotatable bonds is 8. The molecule has 0 aliphatic carbocycles. The third kappa shape index (κ3) is 4.80. The zero-order chi connectivity index (χ0) is 19.9. The second-order valence-electron chi connectivity index (χ2n) is 6.54. The average molecular weight is 378 g/mol. The van der Waals surface area contributed by atoms with E-state index in [4.69, 9.17) is 9.47 Å². The van der Waals surface area contributed by atoms with Gasteiger partial charge in [-0.1, -0.05) is 24.3 Å². The number of aryl methyl sites for hydroxylation is 1. The van der Waals surface area contributed by atoms with Crippen LogP contribution < -0.4 is 14.8 Å². The predicted octanol–water partition coefficient (Wildman–Crippen LogP) is 4.20. The molecule has 1 amide bonds. The SMILES string of the molecule is CCOc1ccc(CC(=O)NCc2cc(C)nc3ccccc23)cc1OCC. The Labute approximate surface area is 165 Å². The van der Waals surface area contributed by atoms with Gasteiger partial charge in [-0.2, -0.15) is 0 Å². The van der Waals surface area contributed by atoms with Crippen LogP contribution in [0.2, 0.25) is 0 Å². The van der Waals surface area contributed by atoms with Crippen molar-refractivity contribution < 1.29 is 14.3 Å². The molecular formula is C23H26N2O3. The lowest BCUT2D eigenvalue weighted by molar-refractivity contribution is -0.120. The molecule has 0 atom stereocenters. The highest BCUT2D eigenvalue weighted by Gasteiger charge is 2.10. The number of benzene rings is 2. The summed E-state index contributed by atoms with van der Waals surface area (Å²) in [4.78, 5) is 17.0. The molecule has 28 heavy (non-hydrogen) atoms. The van der Waals surface area contributed by atoms with Gasteiger partial charge in [0.05, 0.1) is 25.2 Å². The van der Waals surface area contributed by atoms with Crippen molar-refractivity contribution in [1.29, 1.82) is 0 Å². The number of pyridine rings is 1. The van der Waals surface area contributed by atoms with E-state index >= 15 is 0 Å². The number of fused-ring (bicyclic) bond motifs is 1. The summed E-state index contributed by atoms with van der Waals surface area (Å²) in [7, 11) is 0. The quantitative estimate of drug-likeness (QED) is 0.638. The first-order chi connectivity index (χ1) is 13.6. The summed E-state index contributed by atoms with van der Waals surface area (Å²) in [6.07, 6.45) is 0.286. The molecule has 0 saturated heterocycles. The van der Waals surface area contributed by atoms with Gasteiger partial charge in [0.2, 0.25) is 5.91 Å². The van der Waals surface area contributed by atoms with Gasteiger partial charge in [0.25, 0.3) is 0 Å². The first-order valence-corrected chi connectivity index (χ1v) is 9.61. The minimum absolute atomic E-state index is 0.0369. The normalized spacial score (nSPS) is 10.7. The largest absolute Gasteiger partial charge is 0.490 e. The molecule has 146 valence electrons. The molecule has 0 fully saturated rings. The summed E-state index contributed by atoms with van der Waals surface area (Å²) in [5.74, 6) is 1.34. The minimum atomic E-state index is -0.0369. The van der Waals surface area contributed by atoms with E-state index in [2.05, 4.69) is 10.3 Å². The molecule has 1 aromatic heterocycles. The number of ether oxygens (including phenoxy) is 2. The number of hydrogen-bond donors (Lipinski definition) is 1. The molecule has 0 saturated carbocycles. The fraction of sp³-hybridized carbons (Fsp3) is 0.304. The fourth-order valence-electron chi connectivity index (χ4n) is 3.19. The van der Waals surface area contributed by atoms with Gasteiger partial charge < -0.3 is 14.8 Å². The second kappa shape index (κ2) is 9.22. The molecule has 3 rings (SSSR count). The van der Waals surface area contributed by atoms with Gasteiger partial charge >= 0.3 is 0 Å². The molecule has 0 spiro atoms. The second-order valence-corrected chi connectivity index (χ2v) is 6.54. The Kier molecular flexibility index (Phi) is 6.48. The van der Waals surface area contributed by atoms with E-state index in [9.17, 15) is 4.79 Å². The molecule has 0 bridgehead atoms. The molecule has 2 aromatic carbocycles. The van der Waals surface area contributed by atoms with Crippen molar-refractivity contribution in [2.24, 2.45) is 0 Å². The van der Waals surface area contributed by atoms with Crippen molar-refractivity contribution in [2.45, 2.75) is 33.7 Å². The van der Waals surface area contributed by atoms with E-state index in [1.54, 1.807) is 0 Å². The summed E-state index contributed by atoms with van der Waals surface area (Å²) in [6.45, 7) is 7.41. The number of nitrogens with zero attached hydrogens (tertiary/aromatic N) is 1. The smallest absolute Gasteiger partial charge is 0.224 e. The van der Waals surface area contributed by atoms with Crippen molar-refractivity contribution in [3.8, 4) is 11.5 Å². The van der Waals surface area contributed by atoms with Gasteiger partial charge in [-0.05, 0) is 56.2 Å². The number of carbonyl (C=O) groups is 1. The first-order valence-electron chi connectivity index (χ1n) is 9.61. The zero-order valence-corrected chi connectivity index (χ0v) is 16.6. The van der Waals surface area contributed by atoms with E-state index in [0.717, 1.165) is 27.7 Å². The maximum Gasteiger partial charge on any atom is 0.224 e. The Morgan fingerprint density at radius 1 is 1.00 bits per heavy atom. The summed E-state index contributed by atoms with van der Waals surface area (Å²) >= 11 is 0. The number of aromatic nitrogens is 1. The number of amides is 1. The average Bonchev–Trinajstić information content (AvgIpc) is 2.68. The van der Waals surface area contributed by atoms with E-state index in [1.165, 1.54) is 0 Å². The Morgan fingerprint density at radius 2 is 1.75 bits per heavy atom. The Balaban J connectivity index is 1.69. The molecule has 3 aromatic rings. The lowest BCUT2D eigenvalue weighted by Gasteiger charge is -2.13. The van der Waals surface area contributed by atoms with Crippen LogP contribution in [0.25, 0.3) is 10.9 Å². The highest BCUT2D eigenvalue weighted by molar-refractivity contribution is 5.83. The van der Waals surface area contributed by atoms with Crippen LogP contribution in [0.5, 0.6) is 11.5 Å². The van der Waals surface area contributed by atoms with Crippen molar-refractivity contribution in [3.63, 3.8) is 0 Å². The van der Waals surface area contributed by atoms with Crippen LogP contribution in [0.3, 0.4) is 0 Å². The molecule has 5 nitrogen and oxygen atoms in total.